The molecular formula is C30H28ClN5O3S2. The molecule has 0 radical (unpaired) electrons. The molecular weight excluding hydrogens is 578 g/mol. The smallest absolute Gasteiger partial charge is 0.242 e. The number of thiophene rings is 1. The number of aromatic nitrogens is 2. The minimum atomic E-state index is -0.168. The van der Waals surface area contributed by atoms with Crippen LogP contribution in [0.15, 0.2) is 72.1 Å². The van der Waals surface area contributed by atoms with Crippen LogP contribution in [0.1, 0.15) is 22.6 Å². The molecule has 0 unspecified atom stereocenters. The van der Waals surface area contributed by atoms with Crippen LogP contribution in [0, 0.1) is 0 Å². The molecule has 0 bridgehead atoms. The van der Waals surface area contributed by atoms with E-state index in [1.54, 1.807) is 48.5 Å². The molecule has 2 aromatic carbocycles. The first-order valence-corrected chi connectivity index (χ1v) is 15.6. The van der Waals surface area contributed by atoms with Crippen LogP contribution >= 0.6 is 34.7 Å². The molecule has 0 spiro atoms. The van der Waals surface area contributed by atoms with E-state index in [2.05, 4.69) is 6.07 Å². The second-order valence-electron chi connectivity index (χ2n) is 9.89. The van der Waals surface area contributed by atoms with Crippen LogP contribution < -0.4 is 4.90 Å². The summed E-state index contributed by atoms with van der Waals surface area (Å²) in [7, 11) is 0. The second kappa shape index (κ2) is 11.7. The van der Waals surface area contributed by atoms with Crippen molar-refractivity contribution in [2.45, 2.75) is 12.2 Å². The number of hydrogen-bond donors (Lipinski definition) is 0. The predicted octanol–water partition coefficient (Wildman–Crippen LogP) is 5.11. The lowest BCUT2D eigenvalue weighted by Gasteiger charge is -2.35. The van der Waals surface area contributed by atoms with Gasteiger partial charge in [0.05, 0.1) is 27.4 Å². The van der Waals surface area contributed by atoms with Crippen LogP contribution in [0.4, 0.5) is 5.82 Å². The number of carbonyl (C=O) groups is 3. The van der Waals surface area contributed by atoms with Gasteiger partial charge in [-0.25, -0.2) is 4.68 Å². The minimum Gasteiger partial charge on any atom is -0.339 e. The Hall–Kier alpha value is -3.60. The molecule has 8 nitrogen and oxygen atoms in total. The van der Waals surface area contributed by atoms with E-state index < -0.39 is 0 Å². The Labute approximate surface area is 251 Å². The zero-order chi connectivity index (χ0) is 28.5. The van der Waals surface area contributed by atoms with Gasteiger partial charge in [-0.2, -0.15) is 5.10 Å². The molecule has 4 aromatic rings. The van der Waals surface area contributed by atoms with E-state index in [1.165, 1.54) is 6.92 Å². The van der Waals surface area contributed by atoms with Crippen LogP contribution in [-0.2, 0) is 14.4 Å². The zero-order valence-corrected chi connectivity index (χ0v) is 24.8. The first-order chi connectivity index (χ1) is 19.9. The van der Waals surface area contributed by atoms with Crippen LogP contribution in [0.5, 0.6) is 0 Å². The molecule has 41 heavy (non-hydrogen) atoms. The fourth-order valence-electron chi connectivity index (χ4n) is 5.29. The Kier molecular flexibility index (Phi) is 7.88. The SMILES string of the molecule is CC(=O)N1CCN(C(=O)CN2C(=O)CS[C@H](c3cccs3)c3c(-c4ccccc4)nn(-c4ccccc4Cl)c32)CC1. The molecule has 2 aromatic heterocycles. The number of nitrogens with zero attached hydrogens (tertiary/aromatic N) is 5. The van der Waals surface area contributed by atoms with Gasteiger partial charge in [0.15, 0.2) is 0 Å². The van der Waals surface area contributed by atoms with E-state index in [4.69, 9.17) is 16.7 Å². The highest BCUT2D eigenvalue weighted by Gasteiger charge is 2.39. The summed E-state index contributed by atoms with van der Waals surface area (Å²) in [5, 5.41) is 7.44. The number of anilines is 1. The second-order valence-corrected chi connectivity index (χ2v) is 12.4. The number of fused-ring (bicyclic) bond motifs is 1. The molecule has 1 fully saturated rings. The maximum Gasteiger partial charge on any atom is 0.242 e. The highest BCUT2D eigenvalue weighted by atomic mass is 35.5. The van der Waals surface area contributed by atoms with Gasteiger partial charge in [-0.15, -0.1) is 23.1 Å². The van der Waals surface area contributed by atoms with Crippen LogP contribution in [0.3, 0.4) is 0 Å². The largest absolute Gasteiger partial charge is 0.339 e. The molecule has 0 saturated carbocycles. The van der Waals surface area contributed by atoms with Gasteiger partial charge in [-0.3, -0.25) is 19.3 Å². The number of carbonyl (C=O) groups excluding carboxylic acids is 3. The van der Waals surface area contributed by atoms with Crippen LogP contribution in [0.25, 0.3) is 16.9 Å². The number of benzene rings is 2. The van der Waals surface area contributed by atoms with Gasteiger partial charge in [0.2, 0.25) is 17.7 Å². The Morgan fingerprint density at radius 3 is 2.34 bits per heavy atom. The number of piperazine rings is 1. The molecule has 3 amide bonds. The van der Waals surface area contributed by atoms with Gasteiger partial charge >= 0.3 is 0 Å². The average Bonchev–Trinajstić information content (AvgIpc) is 3.63. The Balaban J connectivity index is 1.50. The van der Waals surface area contributed by atoms with E-state index in [1.807, 2.05) is 60.0 Å². The lowest BCUT2D eigenvalue weighted by molar-refractivity contribution is -0.137. The van der Waals surface area contributed by atoms with Crippen molar-refractivity contribution in [3.05, 3.63) is 87.6 Å². The van der Waals surface area contributed by atoms with Crippen molar-refractivity contribution in [1.29, 1.82) is 0 Å². The van der Waals surface area contributed by atoms with Gasteiger partial charge in [-0.1, -0.05) is 60.1 Å². The molecule has 210 valence electrons. The molecule has 1 saturated heterocycles. The van der Waals surface area contributed by atoms with E-state index in [0.717, 1.165) is 21.7 Å². The van der Waals surface area contributed by atoms with Crippen molar-refractivity contribution >= 4 is 58.2 Å². The monoisotopic (exact) mass is 605 g/mol. The Morgan fingerprint density at radius 2 is 1.66 bits per heavy atom. The lowest BCUT2D eigenvalue weighted by Crippen LogP contribution is -2.53. The van der Waals surface area contributed by atoms with Gasteiger partial charge in [0, 0.05) is 49.1 Å². The van der Waals surface area contributed by atoms with Crippen molar-refractivity contribution in [2.75, 3.05) is 43.4 Å². The molecule has 0 aliphatic carbocycles. The maximum atomic E-state index is 13.9. The summed E-state index contributed by atoms with van der Waals surface area (Å²) in [6, 6.07) is 21.4. The van der Waals surface area contributed by atoms with E-state index in [-0.39, 0.29) is 35.3 Å². The number of para-hydroxylation sites is 1. The van der Waals surface area contributed by atoms with E-state index in [0.29, 0.717) is 42.7 Å². The quantitative estimate of drug-likeness (QED) is 0.316. The third-order valence-electron chi connectivity index (χ3n) is 7.39. The van der Waals surface area contributed by atoms with Crippen molar-refractivity contribution in [3.63, 3.8) is 0 Å². The first-order valence-electron chi connectivity index (χ1n) is 13.3. The van der Waals surface area contributed by atoms with E-state index in [9.17, 15) is 14.4 Å². The molecule has 2 aliphatic rings. The summed E-state index contributed by atoms with van der Waals surface area (Å²) < 4.78 is 1.73. The summed E-state index contributed by atoms with van der Waals surface area (Å²) >= 11 is 9.89. The number of amides is 3. The molecule has 1 atom stereocenters. The minimum absolute atomic E-state index is 0.00170. The summed E-state index contributed by atoms with van der Waals surface area (Å²) in [6.45, 7) is 3.22. The lowest BCUT2D eigenvalue weighted by atomic mass is 10.0. The molecule has 11 heteroatoms. The standard InChI is InChI=1S/C30H28ClN5O3S2/c1-20(37)33-13-15-34(16-14-33)25(38)18-35-26(39)19-41-29(24-12-7-17-40-24)27-28(21-8-3-2-4-9-21)32-36(30(27)35)23-11-6-5-10-22(23)31/h2-12,17,29H,13-16,18-19H2,1H3/t29-/m1/s1. The van der Waals surface area contributed by atoms with Crippen LogP contribution in [-0.4, -0.2) is 75.8 Å². The molecule has 0 N–H and O–H groups in total. The molecule has 2 aliphatic heterocycles. The molecule has 6 rings (SSSR count). The molecule has 4 heterocycles. The fourth-order valence-corrected chi connectivity index (χ4v) is 7.68. The number of thioether (sulfide) groups is 1. The van der Waals surface area contributed by atoms with Crippen molar-refractivity contribution in [1.82, 2.24) is 19.6 Å². The fraction of sp³-hybridized carbons (Fsp3) is 0.267. The predicted molar refractivity (Wildman–Crippen MR) is 164 cm³/mol. The van der Waals surface area contributed by atoms with Crippen molar-refractivity contribution in [3.8, 4) is 16.9 Å². The Morgan fingerprint density at radius 1 is 0.951 bits per heavy atom. The van der Waals surface area contributed by atoms with Gasteiger partial charge in [-0.05, 0) is 23.6 Å². The van der Waals surface area contributed by atoms with Crippen molar-refractivity contribution in [2.24, 2.45) is 0 Å². The number of hydrogen-bond acceptors (Lipinski definition) is 6. The summed E-state index contributed by atoms with van der Waals surface area (Å²) in [5.41, 5.74) is 3.17. The highest BCUT2D eigenvalue weighted by molar-refractivity contribution is 8.00. The topological polar surface area (TPSA) is 78.8 Å². The van der Waals surface area contributed by atoms with Crippen LogP contribution in [0.2, 0.25) is 5.02 Å². The normalized spacial score (nSPS) is 17.4. The van der Waals surface area contributed by atoms with Crippen molar-refractivity contribution < 1.29 is 14.4 Å². The Bertz CT molecular complexity index is 1580. The summed E-state index contributed by atoms with van der Waals surface area (Å²) in [5.74, 6) is 0.428. The third-order valence-corrected chi connectivity index (χ3v) is 10.0. The highest BCUT2D eigenvalue weighted by Crippen LogP contribution is 2.49. The van der Waals surface area contributed by atoms with E-state index >= 15 is 0 Å². The number of halogens is 1. The van der Waals surface area contributed by atoms with Gasteiger partial charge in [0.25, 0.3) is 0 Å². The summed E-state index contributed by atoms with van der Waals surface area (Å²) in [6.07, 6.45) is 0. The average molecular weight is 606 g/mol. The number of rotatable bonds is 5. The third kappa shape index (κ3) is 5.39. The van der Waals surface area contributed by atoms with Gasteiger partial charge < -0.3 is 9.80 Å². The first kappa shape index (κ1) is 27.6. The zero-order valence-electron chi connectivity index (χ0n) is 22.4. The summed E-state index contributed by atoms with van der Waals surface area (Å²) in [4.78, 5) is 45.5. The van der Waals surface area contributed by atoms with Gasteiger partial charge in [0.1, 0.15) is 12.4 Å². The maximum absolute atomic E-state index is 13.9.